The van der Waals surface area contributed by atoms with E-state index < -0.39 is 0 Å². The van der Waals surface area contributed by atoms with E-state index in [-0.39, 0.29) is 11.6 Å². The molecule has 0 aromatic heterocycles. The van der Waals surface area contributed by atoms with Gasteiger partial charge in [-0.2, -0.15) is 0 Å². The van der Waals surface area contributed by atoms with Crippen LogP contribution in [0.2, 0.25) is 0 Å². The van der Waals surface area contributed by atoms with Gasteiger partial charge in [0.2, 0.25) is 0 Å². The molecule has 2 nitrogen and oxygen atoms in total. The molecular weight excluding hydrogens is 272 g/mol. The fourth-order valence-electron chi connectivity index (χ4n) is 3.60. The normalized spacial score (nSPS) is 25.4. The predicted octanol–water partition coefficient (Wildman–Crippen LogP) is 4.62. The Bertz CT molecular complexity index is 732. The molecular formula is C20H18O2. The lowest BCUT2D eigenvalue weighted by Crippen LogP contribution is -2.28. The molecule has 2 atom stereocenters. The molecule has 2 aliphatic carbocycles. The number of fused-ring (bicyclic) bond motifs is 2. The molecule has 0 aliphatic heterocycles. The Labute approximate surface area is 130 Å². The maximum absolute atomic E-state index is 12.7. The van der Waals surface area contributed by atoms with Crippen LogP contribution in [0.15, 0.2) is 66.7 Å². The van der Waals surface area contributed by atoms with E-state index in [0.717, 1.165) is 30.4 Å². The standard InChI is InChI=1S/C20H18O2/c21-19(22-20-12-10-15(14-20)11-13-20)18-9-5-4-8-17(18)16-6-2-1-3-7-16/h1-10,12,15H,11,13-14H2. The summed E-state index contributed by atoms with van der Waals surface area (Å²) in [6, 6.07) is 17.7. The Morgan fingerprint density at radius 2 is 1.82 bits per heavy atom. The largest absolute Gasteiger partial charge is 0.451 e. The second kappa shape index (κ2) is 5.13. The maximum atomic E-state index is 12.7. The van der Waals surface area contributed by atoms with Crippen LogP contribution in [-0.4, -0.2) is 11.6 Å². The van der Waals surface area contributed by atoms with Gasteiger partial charge in [-0.05, 0) is 48.4 Å². The molecule has 0 heterocycles. The van der Waals surface area contributed by atoms with Crippen molar-refractivity contribution in [1.82, 2.24) is 0 Å². The Morgan fingerprint density at radius 3 is 2.50 bits per heavy atom. The monoisotopic (exact) mass is 290 g/mol. The van der Waals surface area contributed by atoms with Crippen LogP contribution in [0, 0.1) is 5.92 Å². The second-order valence-corrected chi connectivity index (χ2v) is 6.23. The summed E-state index contributed by atoms with van der Waals surface area (Å²) in [5, 5.41) is 0. The molecule has 2 bridgehead atoms. The van der Waals surface area contributed by atoms with Crippen LogP contribution < -0.4 is 0 Å². The minimum atomic E-state index is -0.356. The van der Waals surface area contributed by atoms with Gasteiger partial charge in [0.25, 0.3) is 0 Å². The smallest absolute Gasteiger partial charge is 0.339 e. The Balaban J connectivity index is 1.65. The summed E-state index contributed by atoms with van der Waals surface area (Å²) in [5.41, 5.74) is 2.26. The number of rotatable bonds is 3. The first-order valence-corrected chi connectivity index (χ1v) is 7.83. The lowest BCUT2D eigenvalue weighted by atomic mass is 9.99. The zero-order valence-electron chi connectivity index (χ0n) is 12.4. The van der Waals surface area contributed by atoms with Crippen molar-refractivity contribution in [3.8, 4) is 11.1 Å². The van der Waals surface area contributed by atoms with Gasteiger partial charge in [-0.25, -0.2) is 4.79 Å². The summed E-state index contributed by atoms with van der Waals surface area (Å²) in [7, 11) is 0. The molecule has 0 N–H and O–H groups in total. The number of carbonyl (C=O) groups excluding carboxylic acids is 1. The fraction of sp³-hybridized carbons (Fsp3) is 0.250. The van der Waals surface area contributed by atoms with Crippen LogP contribution in [0.25, 0.3) is 11.1 Å². The number of ether oxygens (including phenoxy) is 1. The first-order valence-electron chi connectivity index (χ1n) is 7.83. The number of esters is 1. The van der Waals surface area contributed by atoms with Gasteiger partial charge >= 0.3 is 5.97 Å². The van der Waals surface area contributed by atoms with Gasteiger partial charge in [0.05, 0.1) is 5.56 Å². The van der Waals surface area contributed by atoms with Crippen molar-refractivity contribution in [2.45, 2.75) is 24.9 Å². The average molecular weight is 290 g/mol. The van der Waals surface area contributed by atoms with Crippen molar-refractivity contribution in [2.75, 3.05) is 0 Å². The highest BCUT2D eigenvalue weighted by Gasteiger charge is 2.44. The molecule has 2 aromatic rings. The van der Waals surface area contributed by atoms with Gasteiger partial charge in [0.1, 0.15) is 5.60 Å². The molecule has 2 heteroatoms. The lowest BCUT2D eigenvalue weighted by molar-refractivity contribution is 0.00785. The first kappa shape index (κ1) is 13.3. The Hall–Kier alpha value is -2.35. The molecule has 2 aromatic carbocycles. The van der Waals surface area contributed by atoms with Gasteiger partial charge in [0.15, 0.2) is 0 Å². The molecule has 110 valence electrons. The SMILES string of the molecule is O=C(OC12C=CC(CC1)C2)c1ccccc1-c1ccccc1. The van der Waals surface area contributed by atoms with E-state index in [1.165, 1.54) is 0 Å². The summed E-state index contributed by atoms with van der Waals surface area (Å²) >= 11 is 0. The number of allylic oxidation sites excluding steroid dienone is 1. The summed E-state index contributed by atoms with van der Waals surface area (Å²) in [5.74, 6) is 0.379. The van der Waals surface area contributed by atoms with E-state index in [1.807, 2.05) is 54.6 Å². The highest BCUT2D eigenvalue weighted by molar-refractivity contribution is 5.97. The van der Waals surface area contributed by atoms with Crippen molar-refractivity contribution in [3.63, 3.8) is 0 Å². The molecule has 1 fully saturated rings. The van der Waals surface area contributed by atoms with Crippen molar-refractivity contribution in [2.24, 2.45) is 5.92 Å². The Kier molecular flexibility index (Phi) is 3.11. The van der Waals surface area contributed by atoms with Crippen LogP contribution in [0.1, 0.15) is 29.6 Å². The fourth-order valence-corrected chi connectivity index (χ4v) is 3.60. The molecule has 0 amide bonds. The molecule has 22 heavy (non-hydrogen) atoms. The average Bonchev–Trinajstić information content (AvgIpc) is 3.16. The molecule has 2 aliphatic rings. The van der Waals surface area contributed by atoms with Crippen LogP contribution in [-0.2, 0) is 4.74 Å². The minimum absolute atomic E-state index is 0.216. The van der Waals surface area contributed by atoms with Crippen molar-refractivity contribution in [1.29, 1.82) is 0 Å². The van der Waals surface area contributed by atoms with Crippen LogP contribution >= 0.6 is 0 Å². The second-order valence-electron chi connectivity index (χ2n) is 6.23. The summed E-state index contributed by atoms with van der Waals surface area (Å²) < 4.78 is 5.91. The van der Waals surface area contributed by atoms with Crippen LogP contribution in [0.3, 0.4) is 0 Å². The molecule has 0 saturated heterocycles. The van der Waals surface area contributed by atoms with Crippen molar-refractivity contribution < 1.29 is 9.53 Å². The van der Waals surface area contributed by atoms with E-state index in [9.17, 15) is 4.79 Å². The first-order chi connectivity index (χ1) is 10.8. The number of hydrogen-bond acceptors (Lipinski definition) is 2. The molecule has 2 unspecified atom stereocenters. The Morgan fingerprint density at radius 1 is 1.05 bits per heavy atom. The van der Waals surface area contributed by atoms with E-state index in [2.05, 4.69) is 12.2 Å². The third-order valence-corrected chi connectivity index (χ3v) is 4.75. The highest BCUT2D eigenvalue weighted by atomic mass is 16.6. The van der Waals surface area contributed by atoms with Gasteiger partial charge in [0, 0.05) is 0 Å². The van der Waals surface area contributed by atoms with Gasteiger partial charge in [-0.1, -0.05) is 54.6 Å². The summed E-state index contributed by atoms with van der Waals surface area (Å²) in [6.07, 6.45) is 7.31. The minimum Gasteiger partial charge on any atom is -0.451 e. The topological polar surface area (TPSA) is 26.3 Å². The highest BCUT2D eigenvalue weighted by Crippen LogP contribution is 2.45. The van der Waals surface area contributed by atoms with E-state index >= 15 is 0 Å². The quantitative estimate of drug-likeness (QED) is 0.609. The molecule has 4 rings (SSSR count). The number of carbonyl (C=O) groups is 1. The van der Waals surface area contributed by atoms with Crippen LogP contribution in [0.5, 0.6) is 0 Å². The van der Waals surface area contributed by atoms with Crippen LogP contribution in [0.4, 0.5) is 0 Å². The van der Waals surface area contributed by atoms with Crippen molar-refractivity contribution in [3.05, 3.63) is 72.3 Å². The van der Waals surface area contributed by atoms with Gasteiger partial charge in [-0.3, -0.25) is 0 Å². The lowest BCUT2D eigenvalue weighted by Gasteiger charge is -2.24. The van der Waals surface area contributed by atoms with Gasteiger partial charge < -0.3 is 4.74 Å². The molecule has 0 radical (unpaired) electrons. The summed E-state index contributed by atoms with van der Waals surface area (Å²) in [4.78, 5) is 12.7. The number of benzene rings is 2. The number of hydrogen-bond donors (Lipinski definition) is 0. The zero-order chi connectivity index (χ0) is 15.0. The maximum Gasteiger partial charge on any atom is 0.339 e. The van der Waals surface area contributed by atoms with Gasteiger partial charge in [-0.15, -0.1) is 0 Å². The van der Waals surface area contributed by atoms with E-state index in [4.69, 9.17) is 4.74 Å². The van der Waals surface area contributed by atoms with E-state index in [1.54, 1.807) is 0 Å². The zero-order valence-corrected chi connectivity index (χ0v) is 12.4. The van der Waals surface area contributed by atoms with Crippen molar-refractivity contribution >= 4 is 5.97 Å². The van der Waals surface area contributed by atoms with E-state index in [0.29, 0.717) is 11.5 Å². The summed E-state index contributed by atoms with van der Waals surface area (Å²) in [6.45, 7) is 0. The molecule has 1 saturated carbocycles. The predicted molar refractivity (Wildman–Crippen MR) is 86.5 cm³/mol. The third kappa shape index (κ3) is 2.25. The molecule has 0 spiro atoms. The third-order valence-electron chi connectivity index (χ3n) is 4.75.